The maximum absolute atomic E-state index is 12.6. The van der Waals surface area contributed by atoms with Crippen molar-refractivity contribution in [1.29, 1.82) is 0 Å². The van der Waals surface area contributed by atoms with Crippen LogP contribution in [0.4, 0.5) is 5.13 Å². The first kappa shape index (κ1) is 20.0. The topological polar surface area (TPSA) is 84.0 Å². The summed E-state index contributed by atoms with van der Waals surface area (Å²) in [7, 11) is 0. The second-order valence-corrected chi connectivity index (χ2v) is 8.69. The van der Waals surface area contributed by atoms with Crippen LogP contribution in [0.15, 0.2) is 24.3 Å². The number of hydrogen-bond donors (Lipinski definition) is 2. The number of aromatic nitrogens is 2. The van der Waals surface area contributed by atoms with Crippen molar-refractivity contribution in [1.82, 2.24) is 15.5 Å². The quantitative estimate of drug-likeness (QED) is 0.837. The van der Waals surface area contributed by atoms with Gasteiger partial charge in [-0.1, -0.05) is 75.8 Å². The lowest BCUT2D eigenvalue weighted by atomic mass is 9.93. The molecule has 0 spiro atoms. The minimum atomic E-state index is -0.631. The zero-order valence-corrected chi connectivity index (χ0v) is 16.9. The highest BCUT2D eigenvalue weighted by molar-refractivity contribution is 7.18. The van der Waals surface area contributed by atoms with Gasteiger partial charge in [-0.3, -0.25) is 14.9 Å². The van der Waals surface area contributed by atoms with Gasteiger partial charge in [-0.25, -0.2) is 0 Å². The van der Waals surface area contributed by atoms with Gasteiger partial charge >= 0.3 is 0 Å². The van der Waals surface area contributed by atoms with Gasteiger partial charge in [-0.2, -0.15) is 0 Å². The number of rotatable bonds is 5. The summed E-state index contributed by atoms with van der Waals surface area (Å²) >= 11 is 1.31. The van der Waals surface area contributed by atoms with E-state index in [1.165, 1.54) is 16.9 Å². The highest BCUT2D eigenvalue weighted by Gasteiger charge is 2.30. The molecule has 0 bridgehead atoms. The summed E-state index contributed by atoms with van der Waals surface area (Å²) in [6, 6.07) is 7.33. The Bertz CT molecular complexity index is 776. The molecule has 6 nitrogen and oxygen atoms in total. The predicted octanol–water partition coefficient (Wildman–Crippen LogP) is 3.64. The summed E-state index contributed by atoms with van der Waals surface area (Å²) in [6.07, 6.45) is 0. The molecule has 0 aliphatic carbocycles. The lowest BCUT2D eigenvalue weighted by Gasteiger charge is -2.25. The van der Waals surface area contributed by atoms with Crippen LogP contribution < -0.4 is 10.6 Å². The number of anilines is 1. The van der Waals surface area contributed by atoms with Gasteiger partial charge < -0.3 is 5.32 Å². The zero-order valence-electron chi connectivity index (χ0n) is 16.1. The molecule has 0 aliphatic heterocycles. The normalized spacial score (nSPS) is 12.7. The highest BCUT2D eigenvalue weighted by Crippen LogP contribution is 2.26. The molecule has 0 radical (unpaired) electrons. The van der Waals surface area contributed by atoms with E-state index in [9.17, 15) is 9.59 Å². The third kappa shape index (κ3) is 5.11. The Labute approximate surface area is 158 Å². The van der Waals surface area contributed by atoms with Crippen molar-refractivity contribution < 1.29 is 9.59 Å². The van der Waals surface area contributed by atoms with E-state index < -0.39 is 11.5 Å². The first-order valence-electron chi connectivity index (χ1n) is 8.60. The molecule has 1 atom stereocenters. The SMILES string of the molecule is Cc1ccc(-c2nnc(NC(=O)C(NC(=O)C(C)(C)C)C(C)C)s2)cc1. The fraction of sp³-hybridized carbons (Fsp3) is 0.474. The van der Waals surface area contributed by atoms with Gasteiger partial charge in [0.15, 0.2) is 0 Å². The standard InChI is InChI=1S/C19H26N4O2S/c1-11(2)14(20-17(25)19(4,5)6)15(24)21-18-23-22-16(26-18)13-9-7-12(3)8-10-13/h7-11,14H,1-6H3,(H,20,25)(H,21,23,24). The number of amides is 2. The average molecular weight is 375 g/mol. The summed E-state index contributed by atoms with van der Waals surface area (Å²) in [5.41, 5.74) is 1.56. The number of nitrogens with one attached hydrogen (secondary N) is 2. The Kier molecular flexibility index (Phi) is 6.13. The largest absolute Gasteiger partial charge is 0.344 e. The molecule has 1 unspecified atom stereocenters. The van der Waals surface area contributed by atoms with Crippen molar-refractivity contribution in [3.8, 4) is 10.6 Å². The van der Waals surface area contributed by atoms with Gasteiger partial charge in [0.1, 0.15) is 11.0 Å². The summed E-state index contributed by atoms with van der Waals surface area (Å²) < 4.78 is 0. The third-order valence-electron chi connectivity index (χ3n) is 3.87. The molecule has 2 aromatic rings. The van der Waals surface area contributed by atoms with Crippen LogP contribution in [0.25, 0.3) is 10.6 Å². The summed E-state index contributed by atoms with van der Waals surface area (Å²) in [5, 5.41) is 14.9. The predicted molar refractivity (Wildman–Crippen MR) is 105 cm³/mol. The Morgan fingerprint density at radius 3 is 2.23 bits per heavy atom. The fourth-order valence-corrected chi connectivity index (χ4v) is 2.91. The second-order valence-electron chi connectivity index (χ2n) is 7.71. The van der Waals surface area contributed by atoms with Crippen LogP contribution in [0.1, 0.15) is 40.2 Å². The van der Waals surface area contributed by atoms with Crippen LogP contribution in [0.3, 0.4) is 0 Å². The molecule has 0 saturated carbocycles. The van der Waals surface area contributed by atoms with Crippen molar-refractivity contribution in [2.45, 2.75) is 47.6 Å². The number of carbonyl (C=O) groups excluding carboxylic acids is 2. The Balaban J connectivity index is 2.10. The number of aryl methyl sites for hydroxylation is 1. The molecule has 0 fully saturated rings. The lowest BCUT2D eigenvalue weighted by molar-refractivity contribution is -0.132. The minimum Gasteiger partial charge on any atom is -0.344 e. The van der Waals surface area contributed by atoms with E-state index in [0.717, 1.165) is 10.6 Å². The van der Waals surface area contributed by atoms with Gasteiger partial charge in [-0.15, -0.1) is 10.2 Å². The molecule has 7 heteroatoms. The number of hydrogen-bond acceptors (Lipinski definition) is 5. The highest BCUT2D eigenvalue weighted by atomic mass is 32.1. The minimum absolute atomic E-state index is 0.0502. The average Bonchev–Trinajstić information content (AvgIpc) is 3.00. The molecule has 1 aromatic heterocycles. The van der Waals surface area contributed by atoms with Crippen LogP contribution in [0, 0.1) is 18.3 Å². The van der Waals surface area contributed by atoms with E-state index in [2.05, 4.69) is 20.8 Å². The van der Waals surface area contributed by atoms with Crippen LogP contribution in [-0.2, 0) is 9.59 Å². The first-order valence-corrected chi connectivity index (χ1v) is 9.42. The molecular weight excluding hydrogens is 348 g/mol. The van der Waals surface area contributed by atoms with Gasteiger partial charge in [0.2, 0.25) is 16.9 Å². The summed E-state index contributed by atoms with van der Waals surface area (Å²) in [6.45, 7) is 11.3. The number of nitrogens with zero attached hydrogens (tertiary/aromatic N) is 2. The molecule has 26 heavy (non-hydrogen) atoms. The fourth-order valence-electron chi connectivity index (χ4n) is 2.16. The Morgan fingerprint density at radius 1 is 1.08 bits per heavy atom. The summed E-state index contributed by atoms with van der Waals surface area (Å²) in [4.78, 5) is 24.9. The number of benzene rings is 1. The molecule has 2 rings (SSSR count). The first-order chi connectivity index (χ1) is 12.1. The molecule has 140 valence electrons. The molecule has 1 aromatic carbocycles. The van der Waals surface area contributed by atoms with Crippen LogP contribution in [0.5, 0.6) is 0 Å². The molecule has 0 saturated heterocycles. The van der Waals surface area contributed by atoms with Crippen LogP contribution in [0.2, 0.25) is 0 Å². The maximum Gasteiger partial charge on any atom is 0.249 e. The maximum atomic E-state index is 12.6. The molecule has 0 aliphatic rings. The van der Waals surface area contributed by atoms with E-state index in [1.54, 1.807) is 0 Å². The van der Waals surface area contributed by atoms with E-state index in [4.69, 9.17) is 0 Å². The molecule has 1 heterocycles. The lowest BCUT2D eigenvalue weighted by Crippen LogP contribution is -2.50. The van der Waals surface area contributed by atoms with Gasteiger partial charge in [0.25, 0.3) is 0 Å². The number of carbonyl (C=O) groups is 2. The summed E-state index contributed by atoms with van der Waals surface area (Å²) in [5.74, 6) is -0.501. The van der Waals surface area contributed by atoms with Crippen LogP contribution in [-0.4, -0.2) is 28.1 Å². The monoisotopic (exact) mass is 374 g/mol. The van der Waals surface area contributed by atoms with Gasteiger partial charge in [0, 0.05) is 11.0 Å². The van der Waals surface area contributed by atoms with Gasteiger partial charge in [0.05, 0.1) is 0 Å². The Morgan fingerprint density at radius 2 is 1.69 bits per heavy atom. The van der Waals surface area contributed by atoms with Crippen molar-refractivity contribution in [2.75, 3.05) is 5.32 Å². The van der Waals surface area contributed by atoms with E-state index in [0.29, 0.717) is 5.13 Å². The van der Waals surface area contributed by atoms with Crippen molar-refractivity contribution in [2.24, 2.45) is 11.3 Å². The Hall–Kier alpha value is -2.28. The smallest absolute Gasteiger partial charge is 0.249 e. The van der Waals surface area contributed by atoms with Crippen molar-refractivity contribution in [3.63, 3.8) is 0 Å². The van der Waals surface area contributed by atoms with Gasteiger partial charge in [-0.05, 0) is 12.8 Å². The second kappa shape index (κ2) is 7.95. The van der Waals surface area contributed by atoms with Crippen molar-refractivity contribution >= 4 is 28.3 Å². The molecule has 2 N–H and O–H groups in total. The van der Waals surface area contributed by atoms with Crippen LogP contribution >= 0.6 is 11.3 Å². The molecule has 2 amide bonds. The zero-order chi connectivity index (χ0) is 19.5. The van der Waals surface area contributed by atoms with E-state index in [1.807, 2.05) is 65.8 Å². The molecular formula is C19H26N4O2S. The van der Waals surface area contributed by atoms with E-state index >= 15 is 0 Å². The van der Waals surface area contributed by atoms with Crippen molar-refractivity contribution in [3.05, 3.63) is 29.8 Å². The van der Waals surface area contributed by atoms with E-state index in [-0.39, 0.29) is 17.7 Å². The third-order valence-corrected chi connectivity index (χ3v) is 4.76.